The van der Waals surface area contributed by atoms with Crippen LogP contribution in [0.5, 0.6) is 5.75 Å². The van der Waals surface area contributed by atoms with Crippen LogP contribution in [0.2, 0.25) is 0 Å². The molecule has 3 atom stereocenters. The maximum Gasteiger partial charge on any atom is 0.269 e. The largest absolute Gasteiger partial charge is 0.497 e. The van der Waals surface area contributed by atoms with Crippen molar-refractivity contribution in [1.29, 1.82) is 0 Å². The Bertz CT molecular complexity index is 1220. The third kappa shape index (κ3) is 3.03. The molecule has 0 saturated carbocycles. The first-order valence-electron chi connectivity index (χ1n) is 10.6. The van der Waals surface area contributed by atoms with Gasteiger partial charge in [0.25, 0.3) is 5.91 Å². The molecule has 0 N–H and O–H groups in total. The summed E-state index contributed by atoms with van der Waals surface area (Å²) in [6.45, 7) is 3.54. The van der Waals surface area contributed by atoms with Crippen LogP contribution in [0.3, 0.4) is 0 Å². The minimum Gasteiger partial charge on any atom is -0.497 e. The molecule has 7 heteroatoms. The van der Waals surface area contributed by atoms with Crippen LogP contribution in [0.25, 0.3) is 0 Å². The summed E-state index contributed by atoms with van der Waals surface area (Å²) in [4.78, 5) is 35.5. The molecule has 2 fully saturated rings. The number of fused-ring (bicyclic) bond motifs is 1. The Kier molecular flexibility index (Phi) is 5.06. The second-order valence-electron chi connectivity index (χ2n) is 8.59. The third-order valence-electron chi connectivity index (χ3n) is 6.84. The summed E-state index contributed by atoms with van der Waals surface area (Å²) in [7, 11) is 1.61. The van der Waals surface area contributed by atoms with Gasteiger partial charge in [0.1, 0.15) is 11.2 Å². The normalized spacial score (nSPS) is 26.6. The Balaban J connectivity index is 1.67. The van der Waals surface area contributed by atoms with Gasteiger partial charge in [-0.05, 0) is 67.9 Å². The maximum atomic E-state index is 14.1. The van der Waals surface area contributed by atoms with Crippen molar-refractivity contribution in [2.75, 3.05) is 17.1 Å². The Morgan fingerprint density at radius 3 is 2.09 bits per heavy atom. The number of methoxy groups -OCH3 is 1. The number of para-hydroxylation sites is 1. The van der Waals surface area contributed by atoms with Gasteiger partial charge in [0.15, 0.2) is 5.60 Å². The number of anilines is 2. The third-order valence-corrected chi connectivity index (χ3v) is 7.37. The van der Waals surface area contributed by atoms with Crippen LogP contribution in [0.1, 0.15) is 25.5 Å². The van der Waals surface area contributed by atoms with Gasteiger partial charge in [0, 0.05) is 4.47 Å². The number of carbonyl (C=O) groups is 2. The summed E-state index contributed by atoms with van der Waals surface area (Å²) in [5.74, 6) is 0.0352. The molecule has 3 aromatic carbocycles. The number of hydrogen-bond donors (Lipinski definition) is 0. The van der Waals surface area contributed by atoms with Crippen LogP contribution in [0, 0.1) is 5.41 Å². The summed E-state index contributed by atoms with van der Waals surface area (Å²) in [6, 6.07) is 23.7. The van der Waals surface area contributed by atoms with Crippen molar-refractivity contribution < 1.29 is 19.2 Å². The molecule has 6 nitrogen and oxygen atoms in total. The van der Waals surface area contributed by atoms with Crippen molar-refractivity contribution in [3.8, 4) is 5.75 Å². The number of amides is 2. The number of carbonyl (C=O) groups excluding carboxylic acids is 2. The van der Waals surface area contributed by atoms with Gasteiger partial charge in [-0.3, -0.25) is 14.4 Å². The van der Waals surface area contributed by atoms with Gasteiger partial charge in [-0.15, -0.1) is 0 Å². The van der Waals surface area contributed by atoms with E-state index < -0.39 is 17.1 Å². The molecule has 0 aromatic heterocycles. The summed E-state index contributed by atoms with van der Waals surface area (Å²) in [6.07, 6.45) is 0. The predicted molar refractivity (Wildman–Crippen MR) is 129 cm³/mol. The van der Waals surface area contributed by atoms with E-state index >= 15 is 0 Å². The molecule has 0 bridgehead atoms. The number of imide groups is 1. The minimum absolute atomic E-state index is 0.295. The Hall–Kier alpha value is -3.16. The van der Waals surface area contributed by atoms with Crippen LogP contribution >= 0.6 is 15.9 Å². The number of nitrogens with zero attached hydrogens (tertiary/aromatic N) is 2. The lowest BCUT2D eigenvalue weighted by Crippen LogP contribution is -2.45. The van der Waals surface area contributed by atoms with E-state index in [-0.39, 0.29) is 11.8 Å². The fraction of sp³-hybridized carbons (Fsp3) is 0.231. The fourth-order valence-corrected chi connectivity index (χ4v) is 5.08. The number of ether oxygens (including phenoxy) is 1. The highest BCUT2D eigenvalue weighted by atomic mass is 79.9. The summed E-state index contributed by atoms with van der Waals surface area (Å²) < 4.78 is 6.19. The molecular formula is C26H23BrN2O4. The quantitative estimate of drug-likeness (QED) is 0.450. The second kappa shape index (κ2) is 7.71. The van der Waals surface area contributed by atoms with E-state index in [0.29, 0.717) is 11.4 Å². The summed E-state index contributed by atoms with van der Waals surface area (Å²) in [5.41, 5.74) is -0.428. The minimum atomic E-state index is -1.39. The van der Waals surface area contributed by atoms with E-state index in [0.717, 1.165) is 15.7 Å². The predicted octanol–water partition coefficient (Wildman–Crippen LogP) is 5.29. The number of benzene rings is 3. The Labute approximate surface area is 200 Å². The molecule has 2 saturated heterocycles. The molecule has 2 aliphatic rings. The van der Waals surface area contributed by atoms with Gasteiger partial charge in [-0.1, -0.05) is 46.3 Å². The van der Waals surface area contributed by atoms with E-state index in [1.807, 2.05) is 73.7 Å². The zero-order valence-electron chi connectivity index (χ0n) is 18.5. The topological polar surface area (TPSA) is 59.1 Å². The van der Waals surface area contributed by atoms with Crippen LogP contribution in [0.4, 0.5) is 11.4 Å². The van der Waals surface area contributed by atoms with Crippen LogP contribution < -0.4 is 14.7 Å². The number of rotatable bonds is 4. The molecular weight excluding hydrogens is 484 g/mol. The second-order valence-corrected chi connectivity index (χ2v) is 9.50. The molecule has 0 unspecified atom stereocenters. The highest BCUT2D eigenvalue weighted by Gasteiger charge is 2.75. The van der Waals surface area contributed by atoms with Crippen LogP contribution in [-0.4, -0.2) is 24.5 Å². The molecule has 2 heterocycles. The monoisotopic (exact) mass is 506 g/mol. The molecule has 33 heavy (non-hydrogen) atoms. The number of hydroxylamine groups is 1. The van der Waals surface area contributed by atoms with E-state index in [9.17, 15) is 9.59 Å². The lowest BCUT2D eigenvalue weighted by atomic mass is 9.69. The number of halogens is 1. The van der Waals surface area contributed by atoms with Crippen LogP contribution in [0.15, 0.2) is 83.3 Å². The summed E-state index contributed by atoms with van der Waals surface area (Å²) >= 11 is 3.41. The fourth-order valence-electron chi connectivity index (χ4n) is 4.82. The zero-order chi connectivity index (χ0) is 23.4. The average Bonchev–Trinajstić information content (AvgIpc) is 3.17. The zero-order valence-corrected chi connectivity index (χ0v) is 20.1. The smallest absolute Gasteiger partial charge is 0.269 e. The molecule has 2 aliphatic heterocycles. The van der Waals surface area contributed by atoms with Crippen molar-refractivity contribution in [1.82, 2.24) is 0 Å². The molecule has 0 radical (unpaired) electrons. The van der Waals surface area contributed by atoms with E-state index in [4.69, 9.17) is 9.57 Å². The van der Waals surface area contributed by atoms with Gasteiger partial charge >= 0.3 is 0 Å². The van der Waals surface area contributed by atoms with E-state index in [1.54, 1.807) is 31.2 Å². The lowest BCUT2D eigenvalue weighted by Gasteiger charge is -2.33. The van der Waals surface area contributed by atoms with Crippen molar-refractivity contribution in [3.63, 3.8) is 0 Å². The van der Waals surface area contributed by atoms with Crippen molar-refractivity contribution in [2.45, 2.75) is 25.5 Å². The van der Waals surface area contributed by atoms with Gasteiger partial charge < -0.3 is 4.74 Å². The highest BCUT2D eigenvalue weighted by Crippen LogP contribution is 2.61. The summed E-state index contributed by atoms with van der Waals surface area (Å²) in [5, 5.41) is 1.70. The first-order valence-corrected chi connectivity index (χ1v) is 11.4. The van der Waals surface area contributed by atoms with Gasteiger partial charge in [0.05, 0.1) is 24.5 Å². The first kappa shape index (κ1) is 21.7. The highest BCUT2D eigenvalue weighted by molar-refractivity contribution is 9.10. The lowest BCUT2D eigenvalue weighted by molar-refractivity contribution is -0.141. The molecule has 3 aromatic rings. The maximum absolute atomic E-state index is 14.1. The van der Waals surface area contributed by atoms with Crippen molar-refractivity contribution in [2.24, 2.45) is 5.41 Å². The van der Waals surface area contributed by atoms with E-state index in [1.165, 1.54) is 4.90 Å². The van der Waals surface area contributed by atoms with Gasteiger partial charge in [-0.2, -0.15) is 0 Å². The first-order chi connectivity index (χ1) is 15.8. The standard InChI is InChI=1S/C26H23BrN2O4/c1-25-22(17-9-15-21(32-3)16-10-17)29(20-7-5-4-6-8-20)33-26(25,2)24(31)28(23(25)30)19-13-11-18(27)12-14-19/h4-16,22H,1-3H3/t22-,25-,26+/m1/s1. The Morgan fingerprint density at radius 1 is 0.848 bits per heavy atom. The average molecular weight is 507 g/mol. The molecule has 2 amide bonds. The van der Waals surface area contributed by atoms with Crippen LogP contribution in [-0.2, 0) is 14.4 Å². The van der Waals surface area contributed by atoms with Crippen molar-refractivity contribution in [3.05, 3.63) is 88.9 Å². The number of hydrogen-bond acceptors (Lipinski definition) is 5. The van der Waals surface area contributed by atoms with E-state index in [2.05, 4.69) is 15.9 Å². The SMILES string of the molecule is COc1ccc([C@H]2N(c3ccccc3)O[C@@]3(C)C(=O)N(c4ccc(Br)cc4)C(=O)[C@@]23C)cc1. The van der Waals surface area contributed by atoms with Crippen molar-refractivity contribution >= 4 is 39.1 Å². The molecule has 5 rings (SSSR count). The molecule has 0 spiro atoms. The molecule has 0 aliphatic carbocycles. The molecule has 168 valence electrons. The Morgan fingerprint density at radius 2 is 1.48 bits per heavy atom. The van der Waals surface area contributed by atoms with Gasteiger partial charge in [0.2, 0.25) is 5.91 Å². The van der Waals surface area contributed by atoms with Gasteiger partial charge in [-0.25, -0.2) is 9.96 Å².